The Hall–Kier alpha value is -2.55. The molecule has 0 radical (unpaired) electrons. The second-order valence-electron chi connectivity index (χ2n) is 11.6. The van der Waals surface area contributed by atoms with Crippen molar-refractivity contribution in [2.75, 3.05) is 38.2 Å². The number of aryl methyl sites for hydroxylation is 2. The van der Waals surface area contributed by atoms with E-state index in [9.17, 15) is 14.3 Å². The molecule has 204 valence electrons. The fraction of sp³-hybridized carbons (Fsp3) is 0.600. The molecule has 6 rings (SSSR count). The summed E-state index contributed by atoms with van der Waals surface area (Å²) < 4.78 is 26.6. The van der Waals surface area contributed by atoms with Gasteiger partial charge in [-0.15, -0.1) is 0 Å². The highest BCUT2D eigenvalue weighted by Gasteiger charge is 2.50. The first-order valence-corrected chi connectivity index (χ1v) is 14.2. The smallest absolute Gasteiger partial charge is 0.325 e. The lowest BCUT2D eigenvalue weighted by Gasteiger charge is -2.28. The Kier molecular flexibility index (Phi) is 7.38. The van der Waals surface area contributed by atoms with Crippen LogP contribution in [0.25, 0.3) is 0 Å². The number of unbranched alkanes of at least 4 members (excludes halogenated alkanes) is 1. The fourth-order valence-electron chi connectivity index (χ4n) is 6.37. The number of fused-ring (bicyclic) bond motifs is 1. The molecular formula is C30H38FN3O4. The van der Waals surface area contributed by atoms with E-state index in [0.29, 0.717) is 31.9 Å². The maximum Gasteiger partial charge on any atom is 0.325 e. The number of pyridine rings is 1. The molecule has 4 aliphatic rings. The van der Waals surface area contributed by atoms with Gasteiger partial charge in [-0.3, -0.25) is 9.69 Å². The molecule has 1 spiro atoms. The Morgan fingerprint density at radius 3 is 3.00 bits per heavy atom. The summed E-state index contributed by atoms with van der Waals surface area (Å²) in [5.41, 5.74) is 4.01. The number of hydrogen-bond donors (Lipinski definition) is 2. The van der Waals surface area contributed by atoms with Gasteiger partial charge in [0.2, 0.25) is 0 Å². The predicted molar refractivity (Wildman–Crippen MR) is 142 cm³/mol. The van der Waals surface area contributed by atoms with Gasteiger partial charge >= 0.3 is 5.97 Å². The summed E-state index contributed by atoms with van der Waals surface area (Å²) in [6.07, 6.45) is 8.91. The van der Waals surface area contributed by atoms with Crippen LogP contribution in [0.5, 0.6) is 0 Å². The van der Waals surface area contributed by atoms with Crippen molar-refractivity contribution in [3.63, 3.8) is 0 Å². The normalized spacial score (nSPS) is 24.8. The molecule has 1 saturated carbocycles. The molecule has 1 aliphatic carbocycles. The van der Waals surface area contributed by atoms with E-state index in [-0.39, 0.29) is 17.6 Å². The lowest BCUT2D eigenvalue weighted by atomic mass is 9.91. The molecule has 38 heavy (non-hydrogen) atoms. The minimum atomic E-state index is -0.955. The minimum Gasteiger partial charge on any atom is -0.480 e. The quantitative estimate of drug-likeness (QED) is 0.421. The van der Waals surface area contributed by atoms with Gasteiger partial charge < -0.3 is 19.9 Å². The number of carboxylic acids is 1. The monoisotopic (exact) mass is 523 g/mol. The number of carboxylic acid groups (broad SMARTS) is 1. The maximum atomic E-state index is 14.3. The van der Waals surface area contributed by atoms with Crippen molar-refractivity contribution < 1.29 is 23.8 Å². The van der Waals surface area contributed by atoms with Crippen LogP contribution in [0.2, 0.25) is 0 Å². The number of benzene rings is 1. The molecule has 0 bridgehead atoms. The zero-order valence-electron chi connectivity index (χ0n) is 22.0. The first-order valence-electron chi connectivity index (χ1n) is 14.2. The average Bonchev–Trinajstić information content (AvgIpc) is 3.30. The number of likely N-dealkylation sites (tertiary alicyclic amines) is 1. The summed E-state index contributed by atoms with van der Waals surface area (Å²) in [7, 11) is 0. The maximum absolute atomic E-state index is 14.3. The van der Waals surface area contributed by atoms with Gasteiger partial charge in [0, 0.05) is 31.9 Å². The Morgan fingerprint density at radius 2 is 2.18 bits per heavy atom. The lowest BCUT2D eigenvalue weighted by Crippen LogP contribution is -2.34. The van der Waals surface area contributed by atoms with Crippen molar-refractivity contribution in [1.82, 2.24) is 9.88 Å². The molecule has 0 amide bonds. The summed E-state index contributed by atoms with van der Waals surface area (Å²) in [4.78, 5) is 19.2. The van der Waals surface area contributed by atoms with Crippen molar-refractivity contribution in [3.8, 4) is 0 Å². The molecule has 4 heterocycles. The van der Waals surface area contributed by atoms with Crippen LogP contribution in [-0.2, 0) is 27.1 Å². The predicted octanol–water partition coefficient (Wildman–Crippen LogP) is 5.06. The standard InChI is InChI=1S/C30H38FN3O4/c31-21-7-9-24(26-17-30(11-12-30)19-38-26)25(16-21)27(29(35)36)34-14-10-23(18-34)37-15-2-1-5-22-8-6-20-4-3-13-32-28(20)33-22/h6-9,16,23,26-27H,1-5,10-15,17-19H2,(H,32,33)(H,35,36)/t23-,26-,27+/m1/s1. The highest BCUT2D eigenvalue weighted by Crippen LogP contribution is 2.58. The van der Waals surface area contributed by atoms with Crippen LogP contribution in [0.3, 0.4) is 0 Å². The number of aromatic nitrogens is 1. The molecule has 1 aromatic heterocycles. The number of nitrogens with zero attached hydrogens (tertiary/aromatic N) is 2. The van der Waals surface area contributed by atoms with E-state index in [1.54, 1.807) is 6.07 Å². The number of rotatable bonds is 10. The Labute approximate surface area is 223 Å². The highest BCUT2D eigenvalue weighted by atomic mass is 19.1. The van der Waals surface area contributed by atoms with E-state index in [2.05, 4.69) is 17.4 Å². The number of anilines is 1. The summed E-state index contributed by atoms with van der Waals surface area (Å²) in [6.45, 7) is 3.49. The van der Waals surface area contributed by atoms with Crippen LogP contribution in [-0.4, -0.2) is 59.9 Å². The topological polar surface area (TPSA) is 83.9 Å². The minimum absolute atomic E-state index is 0.0163. The third-order valence-electron chi connectivity index (χ3n) is 8.76. The van der Waals surface area contributed by atoms with Crippen molar-refractivity contribution in [3.05, 3.63) is 58.5 Å². The van der Waals surface area contributed by atoms with Crippen LogP contribution in [0.15, 0.2) is 30.3 Å². The third kappa shape index (κ3) is 5.58. The van der Waals surface area contributed by atoms with Crippen LogP contribution >= 0.6 is 0 Å². The SMILES string of the molecule is O=C(O)[C@H](c1cc(F)ccc1[C@H]1CC2(CC2)CO1)N1CC[C@@H](OCCCCc2ccc3c(n2)NCCC3)C1. The number of nitrogens with one attached hydrogen (secondary N) is 1. The summed E-state index contributed by atoms with van der Waals surface area (Å²) in [5.74, 6) is -0.328. The Bertz CT molecular complexity index is 1170. The number of ether oxygens (including phenoxy) is 2. The summed E-state index contributed by atoms with van der Waals surface area (Å²) >= 11 is 0. The largest absolute Gasteiger partial charge is 0.480 e. The fourth-order valence-corrected chi connectivity index (χ4v) is 6.37. The highest BCUT2D eigenvalue weighted by molar-refractivity contribution is 5.76. The molecule has 3 fully saturated rings. The van der Waals surface area contributed by atoms with Gasteiger partial charge in [0.05, 0.1) is 18.8 Å². The number of halogens is 1. The molecule has 0 unspecified atom stereocenters. The van der Waals surface area contributed by atoms with Crippen molar-refractivity contribution in [2.24, 2.45) is 5.41 Å². The van der Waals surface area contributed by atoms with E-state index < -0.39 is 17.8 Å². The zero-order chi connectivity index (χ0) is 26.1. The molecule has 2 N–H and O–H groups in total. The van der Waals surface area contributed by atoms with Gasteiger partial charge in [0.15, 0.2) is 0 Å². The molecule has 3 aliphatic heterocycles. The van der Waals surface area contributed by atoms with Gasteiger partial charge in [-0.2, -0.15) is 0 Å². The van der Waals surface area contributed by atoms with E-state index >= 15 is 0 Å². The lowest BCUT2D eigenvalue weighted by molar-refractivity contribution is -0.143. The van der Waals surface area contributed by atoms with Crippen LogP contribution in [0.4, 0.5) is 10.2 Å². The summed E-state index contributed by atoms with van der Waals surface area (Å²) in [5, 5.41) is 13.6. The molecule has 1 aromatic carbocycles. The van der Waals surface area contributed by atoms with Crippen molar-refractivity contribution in [1.29, 1.82) is 0 Å². The Morgan fingerprint density at radius 1 is 1.29 bits per heavy atom. The first-order chi connectivity index (χ1) is 18.5. The molecular weight excluding hydrogens is 485 g/mol. The second-order valence-corrected chi connectivity index (χ2v) is 11.6. The van der Waals surface area contributed by atoms with Gasteiger partial charge in [-0.1, -0.05) is 12.1 Å². The van der Waals surface area contributed by atoms with Crippen LogP contribution in [0.1, 0.15) is 79.5 Å². The molecule has 2 saturated heterocycles. The van der Waals surface area contributed by atoms with Crippen LogP contribution in [0, 0.1) is 11.2 Å². The molecule has 3 atom stereocenters. The third-order valence-corrected chi connectivity index (χ3v) is 8.76. The van der Waals surface area contributed by atoms with Gasteiger partial charge in [-0.05, 0) is 98.1 Å². The zero-order valence-corrected chi connectivity index (χ0v) is 22.0. The number of aliphatic carboxylic acids is 1. The molecule has 2 aromatic rings. The van der Waals surface area contributed by atoms with Crippen LogP contribution < -0.4 is 5.32 Å². The van der Waals surface area contributed by atoms with Crippen molar-refractivity contribution in [2.45, 2.75) is 76.0 Å². The number of carbonyl (C=O) groups is 1. The first kappa shape index (κ1) is 25.7. The van der Waals surface area contributed by atoms with E-state index in [1.165, 1.54) is 17.7 Å². The van der Waals surface area contributed by atoms with E-state index in [0.717, 1.165) is 81.4 Å². The van der Waals surface area contributed by atoms with Gasteiger partial charge in [0.1, 0.15) is 17.7 Å². The van der Waals surface area contributed by atoms with Gasteiger partial charge in [-0.25, -0.2) is 9.37 Å². The van der Waals surface area contributed by atoms with E-state index in [1.807, 2.05) is 4.90 Å². The van der Waals surface area contributed by atoms with Gasteiger partial charge in [0.25, 0.3) is 0 Å². The van der Waals surface area contributed by atoms with E-state index in [4.69, 9.17) is 14.5 Å². The number of hydrogen-bond acceptors (Lipinski definition) is 6. The second kappa shape index (κ2) is 10.9. The molecule has 7 nitrogen and oxygen atoms in total. The van der Waals surface area contributed by atoms with Crippen molar-refractivity contribution >= 4 is 11.8 Å². The average molecular weight is 524 g/mol. The Balaban J connectivity index is 1.02. The summed E-state index contributed by atoms with van der Waals surface area (Å²) in [6, 6.07) is 7.97. The molecule has 8 heteroatoms.